The van der Waals surface area contributed by atoms with Crippen LogP contribution < -0.4 is 10.0 Å². The molecule has 1 saturated heterocycles. The van der Waals surface area contributed by atoms with Crippen LogP contribution in [0.15, 0.2) is 35.2 Å². The second kappa shape index (κ2) is 8.49. The molecule has 30 heavy (non-hydrogen) atoms. The van der Waals surface area contributed by atoms with Crippen molar-refractivity contribution in [3.63, 3.8) is 0 Å². The van der Waals surface area contributed by atoms with Gasteiger partial charge in [0.15, 0.2) is 0 Å². The molecule has 0 spiro atoms. The van der Waals surface area contributed by atoms with Crippen molar-refractivity contribution in [3.8, 4) is 0 Å². The van der Waals surface area contributed by atoms with Gasteiger partial charge in [-0.3, -0.25) is 14.6 Å². The third-order valence-electron chi connectivity index (χ3n) is 5.18. The summed E-state index contributed by atoms with van der Waals surface area (Å²) in [6.07, 6.45) is 1.33. The minimum atomic E-state index is -3.82. The number of rotatable bonds is 5. The molecule has 2 N–H and O–H groups in total. The first-order valence-electron chi connectivity index (χ1n) is 9.43. The zero-order valence-corrected chi connectivity index (χ0v) is 17.7. The average molecular weight is 434 g/mol. The van der Waals surface area contributed by atoms with Crippen LogP contribution in [0.4, 0.5) is 4.39 Å². The Kier molecular flexibility index (Phi) is 6.18. The normalized spacial score (nSPS) is 16.5. The van der Waals surface area contributed by atoms with E-state index < -0.39 is 21.7 Å². The number of hydrogen-bond acceptors (Lipinski definition) is 5. The maximum absolute atomic E-state index is 14.4. The van der Waals surface area contributed by atoms with Crippen molar-refractivity contribution in [3.05, 3.63) is 58.7 Å². The van der Waals surface area contributed by atoms with Gasteiger partial charge in [0.25, 0.3) is 11.8 Å². The maximum atomic E-state index is 14.4. The first-order chi connectivity index (χ1) is 14.2. The molecule has 1 fully saturated rings. The molecule has 2 heterocycles. The summed E-state index contributed by atoms with van der Waals surface area (Å²) in [5, 5.41) is 2.55. The fourth-order valence-electron chi connectivity index (χ4n) is 3.57. The highest BCUT2D eigenvalue weighted by Gasteiger charge is 2.33. The van der Waals surface area contributed by atoms with E-state index in [1.165, 1.54) is 19.0 Å². The number of nitrogens with zero attached hydrogens (tertiary/aromatic N) is 2. The van der Waals surface area contributed by atoms with Crippen LogP contribution in [0.1, 0.15) is 51.0 Å². The molecule has 8 nitrogen and oxygen atoms in total. The molecule has 160 valence electrons. The zero-order chi connectivity index (χ0) is 22.1. The molecule has 0 bridgehead atoms. The zero-order valence-electron chi connectivity index (χ0n) is 16.9. The Morgan fingerprint density at radius 3 is 2.53 bits per heavy atom. The third-order valence-corrected chi connectivity index (χ3v) is 6.59. The molecule has 10 heteroatoms. The molecule has 3 rings (SSSR count). The summed E-state index contributed by atoms with van der Waals surface area (Å²) in [7, 11) is -1.04. The Bertz CT molecular complexity index is 1100. The molecule has 1 aromatic heterocycles. The fraction of sp³-hybridized carbons (Fsp3) is 0.350. The molecular weight excluding hydrogens is 411 g/mol. The van der Waals surface area contributed by atoms with Gasteiger partial charge < -0.3 is 10.2 Å². The Labute approximate surface area is 174 Å². The Hall–Kier alpha value is -2.85. The number of amides is 2. The number of aromatic nitrogens is 1. The van der Waals surface area contributed by atoms with Gasteiger partial charge in [0.05, 0.1) is 33.5 Å². The number of nitrogens with one attached hydrogen (secondary N) is 2. The quantitative estimate of drug-likeness (QED) is 0.746. The van der Waals surface area contributed by atoms with Gasteiger partial charge in [-0.05, 0) is 57.1 Å². The smallest absolute Gasteiger partial charge is 0.257 e. The molecule has 0 aliphatic carbocycles. The topological polar surface area (TPSA) is 108 Å². The van der Waals surface area contributed by atoms with E-state index in [0.29, 0.717) is 36.3 Å². The second-order valence-electron chi connectivity index (χ2n) is 6.95. The molecule has 0 saturated carbocycles. The lowest BCUT2D eigenvalue weighted by atomic mass is 10.1. The number of likely N-dealkylation sites (tertiary alicyclic amines) is 1. The van der Waals surface area contributed by atoms with Crippen LogP contribution >= 0.6 is 0 Å². The van der Waals surface area contributed by atoms with Crippen molar-refractivity contribution in [1.29, 1.82) is 0 Å². The third kappa shape index (κ3) is 4.05. The molecule has 1 aliphatic heterocycles. The fourth-order valence-corrected chi connectivity index (χ4v) is 4.32. The molecule has 1 atom stereocenters. The minimum absolute atomic E-state index is 0.186. The van der Waals surface area contributed by atoms with Crippen molar-refractivity contribution < 1.29 is 22.4 Å². The number of carbonyl (C=O) groups is 2. The summed E-state index contributed by atoms with van der Waals surface area (Å²) < 4.78 is 40.7. The molecule has 1 aliphatic rings. The molecule has 2 amide bonds. The monoisotopic (exact) mass is 434 g/mol. The highest BCUT2D eigenvalue weighted by Crippen LogP contribution is 2.33. The van der Waals surface area contributed by atoms with Gasteiger partial charge in [-0.1, -0.05) is 0 Å². The number of hydrogen-bond donors (Lipinski definition) is 2. The van der Waals surface area contributed by atoms with E-state index in [1.54, 1.807) is 19.1 Å². The van der Waals surface area contributed by atoms with Crippen molar-refractivity contribution in [2.45, 2.75) is 30.7 Å². The SMILES string of the molecule is CNC(=O)c1ccc([C@@H]2CCCN2C(=O)c2cc(S(=O)(=O)NC)ccc2F)nc1C. The molecular formula is C20H23FN4O4S. The van der Waals surface area contributed by atoms with Crippen LogP contribution in [0.25, 0.3) is 0 Å². The number of aryl methyl sites for hydroxylation is 1. The van der Waals surface area contributed by atoms with E-state index in [2.05, 4.69) is 15.0 Å². The lowest BCUT2D eigenvalue weighted by molar-refractivity contribution is 0.0727. The van der Waals surface area contributed by atoms with E-state index in [0.717, 1.165) is 18.2 Å². The van der Waals surface area contributed by atoms with Crippen molar-refractivity contribution in [2.24, 2.45) is 0 Å². The van der Waals surface area contributed by atoms with E-state index >= 15 is 0 Å². The van der Waals surface area contributed by atoms with Gasteiger partial charge in [0, 0.05) is 13.6 Å². The first-order valence-corrected chi connectivity index (χ1v) is 10.9. The Balaban J connectivity index is 1.95. The summed E-state index contributed by atoms with van der Waals surface area (Å²) in [5.74, 6) is -1.65. The molecule has 0 radical (unpaired) electrons. The van der Waals surface area contributed by atoms with Gasteiger partial charge in [-0.25, -0.2) is 17.5 Å². The standard InChI is InChI=1S/C20H23FN4O4S/c1-12-14(19(26)22-2)7-9-17(24-12)18-5-4-10-25(18)20(27)15-11-13(6-8-16(15)21)30(28,29)23-3/h6-9,11,18,23H,4-5,10H2,1-3H3,(H,22,26)/t18-/m0/s1. The highest BCUT2D eigenvalue weighted by atomic mass is 32.2. The van der Waals surface area contributed by atoms with Crippen LogP contribution in [0.3, 0.4) is 0 Å². The molecule has 1 aromatic carbocycles. The van der Waals surface area contributed by atoms with Crippen LogP contribution in [-0.4, -0.2) is 50.8 Å². The summed E-state index contributed by atoms with van der Waals surface area (Å²) in [5.41, 5.74) is 1.26. The highest BCUT2D eigenvalue weighted by molar-refractivity contribution is 7.89. The number of halogens is 1. The van der Waals surface area contributed by atoms with E-state index in [9.17, 15) is 22.4 Å². The lowest BCUT2D eigenvalue weighted by Gasteiger charge is -2.25. The van der Waals surface area contributed by atoms with Gasteiger partial charge in [0.2, 0.25) is 10.0 Å². The minimum Gasteiger partial charge on any atom is -0.355 e. The number of sulfonamides is 1. The van der Waals surface area contributed by atoms with Crippen LogP contribution in [0.2, 0.25) is 0 Å². The maximum Gasteiger partial charge on any atom is 0.257 e. The largest absolute Gasteiger partial charge is 0.355 e. The first kappa shape index (κ1) is 21.8. The van der Waals surface area contributed by atoms with Gasteiger partial charge >= 0.3 is 0 Å². The van der Waals surface area contributed by atoms with E-state index in [-0.39, 0.29) is 22.4 Å². The second-order valence-corrected chi connectivity index (χ2v) is 8.84. The lowest BCUT2D eigenvalue weighted by Crippen LogP contribution is -2.32. The van der Waals surface area contributed by atoms with Gasteiger partial charge in [0.1, 0.15) is 5.82 Å². The molecule has 2 aromatic rings. The van der Waals surface area contributed by atoms with Crippen molar-refractivity contribution in [1.82, 2.24) is 19.9 Å². The molecule has 0 unspecified atom stereocenters. The summed E-state index contributed by atoms with van der Waals surface area (Å²) in [6.45, 7) is 2.10. The van der Waals surface area contributed by atoms with E-state index in [4.69, 9.17) is 0 Å². The van der Waals surface area contributed by atoms with Crippen LogP contribution in [0.5, 0.6) is 0 Å². The predicted molar refractivity (Wildman–Crippen MR) is 108 cm³/mol. The number of benzene rings is 1. The van der Waals surface area contributed by atoms with Crippen molar-refractivity contribution in [2.75, 3.05) is 20.6 Å². The number of pyridine rings is 1. The van der Waals surface area contributed by atoms with Crippen LogP contribution in [0, 0.1) is 12.7 Å². The van der Waals surface area contributed by atoms with E-state index in [1.807, 2.05) is 0 Å². The van der Waals surface area contributed by atoms with Gasteiger partial charge in [-0.2, -0.15) is 0 Å². The Morgan fingerprint density at radius 1 is 1.17 bits per heavy atom. The Morgan fingerprint density at radius 2 is 1.90 bits per heavy atom. The van der Waals surface area contributed by atoms with Crippen LogP contribution in [-0.2, 0) is 10.0 Å². The van der Waals surface area contributed by atoms with Crippen molar-refractivity contribution >= 4 is 21.8 Å². The predicted octanol–water partition coefficient (Wildman–Crippen LogP) is 1.77. The average Bonchev–Trinajstić information content (AvgIpc) is 3.22. The van der Waals surface area contributed by atoms with Gasteiger partial charge in [-0.15, -0.1) is 0 Å². The summed E-state index contributed by atoms with van der Waals surface area (Å²) in [4.78, 5) is 30.8. The summed E-state index contributed by atoms with van der Waals surface area (Å²) in [6, 6.07) is 6.08. The number of carbonyl (C=O) groups excluding carboxylic acids is 2. The summed E-state index contributed by atoms with van der Waals surface area (Å²) >= 11 is 0.